The van der Waals surface area contributed by atoms with Crippen molar-refractivity contribution in [3.63, 3.8) is 0 Å². The molecule has 2 heterocycles. The molecule has 1 aliphatic heterocycles. The Morgan fingerprint density at radius 1 is 0.931 bits per heavy atom. The highest BCUT2D eigenvalue weighted by Crippen LogP contribution is 2.32. The summed E-state index contributed by atoms with van der Waals surface area (Å²) < 4.78 is 0. The molecule has 0 saturated carbocycles. The second-order valence-electron chi connectivity index (χ2n) is 6.76. The monoisotopic (exact) mass is 374 g/mol. The molecule has 29 heavy (non-hydrogen) atoms. The van der Waals surface area contributed by atoms with E-state index in [0.717, 1.165) is 33.7 Å². The molecule has 0 aliphatic carbocycles. The molecule has 3 aromatic rings. The third-order valence-corrected chi connectivity index (χ3v) is 4.87. The lowest BCUT2D eigenvalue weighted by atomic mass is 9.94. The molecular formula is C25H18N4. The van der Waals surface area contributed by atoms with Crippen LogP contribution in [-0.2, 0) is 6.42 Å². The van der Waals surface area contributed by atoms with E-state index in [1.54, 1.807) is 6.20 Å². The minimum atomic E-state index is 0.399. The highest BCUT2D eigenvalue weighted by atomic mass is 15.1. The van der Waals surface area contributed by atoms with Crippen LogP contribution in [0.3, 0.4) is 0 Å². The van der Waals surface area contributed by atoms with Gasteiger partial charge in [-0.2, -0.15) is 10.5 Å². The number of nitriles is 2. The van der Waals surface area contributed by atoms with Crippen molar-refractivity contribution >= 4 is 16.8 Å². The molecule has 138 valence electrons. The van der Waals surface area contributed by atoms with Crippen LogP contribution in [0.4, 0.5) is 5.69 Å². The smallest absolute Gasteiger partial charge is 0.0998 e. The highest BCUT2D eigenvalue weighted by Gasteiger charge is 2.18. The fourth-order valence-corrected chi connectivity index (χ4v) is 3.43. The molecule has 1 aromatic heterocycles. The molecule has 1 aliphatic rings. The van der Waals surface area contributed by atoms with Crippen LogP contribution in [0.1, 0.15) is 22.4 Å². The zero-order valence-electron chi connectivity index (χ0n) is 15.8. The van der Waals surface area contributed by atoms with E-state index in [1.807, 2.05) is 66.7 Å². The average Bonchev–Trinajstić information content (AvgIpc) is 2.80. The first-order valence-electron chi connectivity index (χ1n) is 9.34. The van der Waals surface area contributed by atoms with E-state index in [2.05, 4.69) is 34.3 Å². The van der Waals surface area contributed by atoms with Gasteiger partial charge in [0.2, 0.25) is 0 Å². The van der Waals surface area contributed by atoms with E-state index in [-0.39, 0.29) is 0 Å². The zero-order valence-corrected chi connectivity index (χ0v) is 15.8. The number of allylic oxidation sites excluding steroid dienone is 2. The predicted octanol–water partition coefficient (Wildman–Crippen LogP) is 4.96. The number of pyridine rings is 1. The van der Waals surface area contributed by atoms with E-state index >= 15 is 0 Å². The average molecular weight is 374 g/mol. The van der Waals surface area contributed by atoms with Gasteiger partial charge < -0.3 is 4.90 Å². The van der Waals surface area contributed by atoms with Gasteiger partial charge in [0.1, 0.15) is 0 Å². The molecule has 0 spiro atoms. The summed E-state index contributed by atoms with van der Waals surface area (Å²) in [6, 6.07) is 26.0. The van der Waals surface area contributed by atoms with Gasteiger partial charge in [-0.15, -0.1) is 0 Å². The first-order chi connectivity index (χ1) is 14.3. The van der Waals surface area contributed by atoms with Crippen LogP contribution in [-0.4, -0.2) is 11.5 Å². The van der Waals surface area contributed by atoms with Gasteiger partial charge in [-0.05, 0) is 53.1 Å². The molecule has 0 radical (unpaired) electrons. The van der Waals surface area contributed by atoms with Gasteiger partial charge in [0.15, 0.2) is 0 Å². The quantitative estimate of drug-likeness (QED) is 0.647. The third kappa shape index (κ3) is 3.93. The van der Waals surface area contributed by atoms with E-state index < -0.39 is 0 Å². The van der Waals surface area contributed by atoms with Crippen LogP contribution in [0.5, 0.6) is 0 Å². The molecule has 4 rings (SSSR count). The summed E-state index contributed by atoms with van der Waals surface area (Å²) in [7, 11) is 0. The lowest BCUT2D eigenvalue weighted by Gasteiger charge is -2.28. The maximum Gasteiger partial charge on any atom is 0.0998 e. The van der Waals surface area contributed by atoms with E-state index in [9.17, 15) is 5.26 Å². The Hall–Kier alpha value is -4.15. The molecule has 0 saturated heterocycles. The first kappa shape index (κ1) is 18.2. The van der Waals surface area contributed by atoms with Crippen LogP contribution in [0.2, 0.25) is 0 Å². The topological polar surface area (TPSA) is 63.7 Å². The van der Waals surface area contributed by atoms with Crippen molar-refractivity contribution in [3.8, 4) is 12.1 Å². The summed E-state index contributed by atoms with van der Waals surface area (Å²) in [6.07, 6.45) is 6.37. The number of benzene rings is 2. The van der Waals surface area contributed by atoms with Gasteiger partial charge in [0.05, 0.1) is 29.8 Å². The van der Waals surface area contributed by atoms with Gasteiger partial charge in [-0.25, -0.2) is 0 Å². The second kappa shape index (κ2) is 8.25. The van der Waals surface area contributed by atoms with E-state index in [1.165, 1.54) is 0 Å². The standard InChI is InChI=1S/C25H18N4/c26-13-12-19-8-10-23(11-9-19)29-17-21(24-6-2-1-5-20(24)16-27)15-22(18-29)25-7-3-4-14-28-25/h1-11,14-15,18H,12,17H2. The van der Waals surface area contributed by atoms with Crippen molar-refractivity contribution in [3.05, 3.63) is 108 Å². The second-order valence-corrected chi connectivity index (χ2v) is 6.76. The van der Waals surface area contributed by atoms with Crippen LogP contribution in [0, 0.1) is 22.7 Å². The Morgan fingerprint density at radius 3 is 2.45 bits per heavy atom. The Morgan fingerprint density at radius 2 is 1.72 bits per heavy atom. The molecule has 0 fully saturated rings. The fourth-order valence-electron chi connectivity index (χ4n) is 3.43. The number of rotatable bonds is 4. The molecule has 0 N–H and O–H groups in total. The molecular weight excluding hydrogens is 356 g/mol. The summed E-state index contributed by atoms with van der Waals surface area (Å²) in [5.74, 6) is 0. The molecule has 0 amide bonds. The molecule has 0 bridgehead atoms. The lowest BCUT2D eigenvalue weighted by Crippen LogP contribution is -2.22. The van der Waals surface area contributed by atoms with Crippen molar-refractivity contribution in [2.45, 2.75) is 6.42 Å². The first-order valence-corrected chi connectivity index (χ1v) is 9.34. The number of aromatic nitrogens is 1. The van der Waals surface area contributed by atoms with Crippen LogP contribution < -0.4 is 4.90 Å². The summed E-state index contributed by atoms with van der Waals surface area (Å²) >= 11 is 0. The zero-order chi connectivity index (χ0) is 20.1. The predicted molar refractivity (Wildman–Crippen MR) is 114 cm³/mol. The summed E-state index contributed by atoms with van der Waals surface area (Å²) in [5, 5.41) is 18.4. The van der Waals surface area contributed by atoms with Gasteiger partial charge in [0, 0.05) is 30.2 Å². The fraction of sp³-hybridized carbons (Fsp3) is 0.0800. The highest BCUT2D eigenvalue weighted by molar-refractivity contribution is 5.89. The largest absolute Gasteiger partial charge is 0.343 e. The van der Waals surface area contributed by atoms with Crippen LogP contribution in [0.25, 0.3) is 11.1 Å². The van der Waals surface area contributed by atoms with E-state index in [0.29, 0.717) is 18.5 Å². The summed E-state index contributed by atoms with van der Waals surface area (Å²) in [6.45, 7) is 0.645. The Bertz CT molecular complexity index is 1160. The maximum absolute atomic E-state index is 9.55. The molecule has 4 heteroatoms. The number of anilines is 1. The summed E-state index contributed by atoms with van der Waals surface area (Å²) in [5.41, 5.74) is 6.54. The minimum Gasteiger partial charge on any atom is -0.343 e. The van der Waals surface area contributed by atoms with Crippen molar-refractivity contribution in [1.29, 1.82) is 10.5 Å². The van der Waals surface area contributed by atoms with Crippen LogP contribution >= 0.6 is 0 Å². The number of nitrogens with zero attached hydrogens (tertiary/aromatic N) is 4. The summed E-state index contributed by atoms with van der Waals surface area (Å²) in [4.78, 5) is 6.66. The van der Waals surface area contributed by atoms with Crippen molar-refractivity contribution in [2.75, 3.05) is 11.4 Å². The number of hydrogen-bond acceptors (Lipinski definition) is 4. The van der Waals surface area contributed by atoms with Crippen LogP contribution in [0.15, 0.2) is 85.2 Å². The van der Waals surface area contributed by atoms with Gasteiger partial charge in [-0.1, -0.05) is 36.4 Å². The van der Waals surface area contributed by atoms with Crippen molar-refractivity contribution < 1.29 is 0 Å². The maximum atomic E-state index is 9.55. The molecule has 2 aromatic carbocycles. The van der Waals surface area contributed by atoms with Gasteiger partial charge >= 0.3 is 0 Å². The van der Waals surface area contributed by atoms with Gasteiger partial charge in [0.25, 0.3) is 0 Å². The number of hydrogen-bond donors (Lipinski definition) is 0. The Balaban J connectivity index is 1.77. The third-order valence-electron chi connectivity index (χ3n) is 4.87. The normalized spacial score (nSPS) is 13.1. The SMILES string of the molecule is N#CCc1ccc(N2C=C(c3ccccn3)C=C(c3ccccc3C#N)C2)cc1. The van der Waals surface area contributed by atoms with E-state index in [4.69, 9.17) is 5.26 Å². The molecule has 0 unspecified atom stereocenters. The Labute approximate surface area is 170 Å². The van der Waals surface area contributed by atoms with Crippen molar-refractivity contribution in [2.24, 2.45) is 0 Å². The van der Waals surface area contributed by atoms with Gasteiger partial charge in [-0.3, -0.25) is 4.98 Å². The lowest BCUT2D eigenvalue weighted by molar-refractivity contribution is 1.08. The minimum absolute atomic E-state index is 0.399. The molecule has 0 atom stereocenters. The Kier molecular flexibility index (Phi) is 5.18. The molecule has 4 nitrogen and oxygen atoms in total. The van der Waals surface area contributed by atoms with Crippen molar-refractivity contribution in [1.82, 2.24) is 4.98 Å².